The molecule has 0 saturated heterocycles. The van der Waals surface area contributed by atoms with E-state index in [4.69, 9.17) is 15.2 Å². The number of rotatable bonds is 11. The molecule has 1 atom stereocenters. The summed E-state index contributed by atoms with van der Waals surface area (Å²) in [5.41, 5.74) is 9.63. The van der Waals surface area contributed by atoms with Crippen molar-refractivity contribution in [3.63, 3.8) is 0 Å². The summed E-state index contributed by atoms with van der Waals surface area (Å²) in [5, 5.41) is 11.6. The lowest BCUT2D eigenvalue weighted by atomic mass is 9.89. The van der Waals surface area contributed by atoms with Crippen LogP contribution in [0, 0.1) is 5.82 Å². The second-order valence-corrected chi connectivity index (χ2v) is 11.9. The van der Waals surface area contributed by atoms with E-state index in [-0.39, 0.29) is 11.6 Å². The van der Waals surface area contributed by atoms with Crippen molar-refractivity contribution in [1.82, 2.24) is 15.1 Å². The number of nitrogens with two attached hydrogens (primary N) is 1. The first-order chi connectivity index (χ1) is 19.2. The van der Waals surface area contributed by atoms with Gasteiger partial charge in [0.05, 0.1) is 43.1 Å². The second kappa shape index (κ2) is 11.2. The Morgan fingerprint density at radius 3 is 2.75 bits per heavy atom. The molecule has 1 aliphatic heterocycles. The number of sulfone groups is 1. The van der Waals surface area contributed by atoms with E-state index in [1.807, 2.05) is 41.1 Å². The van der Waals surface area contributed by atoms with Crippen LogP contribution in [0.3, 0.4) is 0 Å². The van der Waals surface area contributed by atoms with Crippen LogP contribution >= 0.6 is 0 Å². The Morgan fingerprint density at radius 1 is 1.12 bits per heavy atom. The fourth-order valence-corrected chi connectivity index (χ4v) is 5.16. The molecule has 4 N–H and O–H groups in total. The molecular formula is C28H31FN6O4S. The van der Waals surface area contributed by atoms with Crippen LogP contribution in [-0.4, -0.2) is 63.4 Å². The summed E-state index contributed by atoms with van der Waals surface area (Å²) >= 11 is 0. The predicted octanol–water partition coefficient (Wildman–Crippen LogP) is 2.86. The largest absolute Gasteiger partial charge is 0.493 e. The number of nitrogens with zero attached hydrogens (tertiary/aromatic N) is 3. The number of fused-ring (bicyclic) bond motifs is 2. The molecular weight excluding hydrogens is 535 g/mol. The van der Waals surface area contributed by atoms with Crippen LogP contribution in [0.5, 0.6) is 11.5 Å². The van der Waals surface area contributed by atoms with Gasteiger partial charge in [0, 0.05) is 36.4 Å². The summed E-state index contributed by atoms with van der Waals surface area (Å²) in [6.07, 6.45) is 4.52. The Kier molecular flexibility index (Phi) is 7.74. The van der Waals surface area contributed by atoms with Crippen LogP contribution in [-0.2, 0) is 22.0 Å². The van der Waals surface area contributed by atoms with Gasteiger partial charge in [-0.1, -0.05) is 18.2 Å². The average Bonchev–Trinajstić information content (AvgIpc) is 3.31. The fraction of sp³-hybridized carbons (Fsp3) is 0.286. The highest BCUT2D eigenvalue weighted by Crippen LogP contribution is 2.42. The molecule has 2 heterocycles. The number of benzene rings is 3. The van der Waals surface area contributed by atoms with Gasteiger partial charge in [-0.2, -0.15) is 5.10 Å². The molecule has 0 bridgehead atoms. The Morgan fingerprint density at radius 2 is 1.98 bits per heavy atom. The SMILES string of the molecule is COc1cc2c(cc1OCCNCCS(C)(=O)=O)NC=NC2(N)c1ccc2c(cnn2Cc2cccc(F)c2)c1. The number of hydrogen-bond acceptors (Lipinski definition) is 9. The summed E-state index contributed by atoms with van der Waals surface area (Å²) < 4.78 is 49.5. The third-order valence-electron chi connectivity index (χ3n) is 6.69. The minimum atomic E-state index is -3.02. The van der Waals surface area contributed by atoms with Gasteiger partial charge in [0.25, 0.3) is 0 Å². The van der Waals surface area contributed by atoms with Crippen molar-refractivity contribution < 1.29 is 22.3 Å². The molecule has 5 rings (SSSR count). The van der Waals surface area contributed by atoms with E-state index in [2.05, 4.69) is 20.7 Å². The Bertz CT molecular complexity index is 1670. The van der Waals surface area contributed by atoms with Crippen LogP contribution in [0.2, 0.25) is 0 Å². The van der Waals surface area contributed by atoms with Crippen LogP contribution in [0.25, 0.3) is 10.9 Å². The molecule has 10 nitrogen and oxygen atoms in total. The fourth-order valence-electron chi connectivity index (χ4n) is 4.64. The number of aliphatic imine (C=N–C) groups is 1. The van der Waals surface area contributed by atoms with Gasteiger partial charge in [0.15, 0.2) is 17.2 Å². The van der Waals surface area contributed by atoms with Gasteiger partial charge in [-0.15, -0.1) is 0 Å². The Balaban J connectivity index is 1.36. The van der Waals surface area contributed by atoms with Gasteiger partial charge in [-0.25, -0.2) is 17.8 Å². The van der Waals surface area contributed by atoms with Crippen molar-refractivity contribution >= 4 is 32.8 Å². The third-order valence-corrected chi connectivity index (χ3v) is 7.64. The number of methoxy groups -OCH3 is 1. The lowest BCUT2D eigenvalue weighted by Gasteiger charge is -2.32. The number of nitrogens with one attached hydrogen (secondary N) is 2. The molecule has 3 aromatic carbocycles. The quantitative estimate of drug-likeness (QED) is 0.236. The highest BCUT2D eigenvalue weighted by atomic mass is 32.2. The number of aromatic nitrogens is 2. The molecule has 0 amide bonds. The lowest BCUT2D eigenvalue weighted by molar-refractivity contribution is 0.293. The van der Waals surface area contributed by atoms with E-state index >= 15 is 0 Å². The molecule has 1 unspecified atom stereocenters. The zero-order chi connectivity index (χ0) is 28.3. The Labute approximate surface area is 231 Å². The molecule has 0 radical (unpaired) electrons. The molecule has 1 aromatic heterocycles. The van der Waals surface area contributed by atoms with E-state index in [1.165, 1.54) is 18.4 Å². The van der Waals surface area contributed by atoms with Crippen molar-refractivity contribution in [2.45, 2.75) is 12.2 Å². The van der Waals surface area contributed by atoms with Crippen LogP contribution < -0.4 is 25.8 Å². The Hall–Kier alpha value is -4.00. The highest BCUT2D eigenvalue weighted by Gasteiger charge is 2.35. The van der Waals surface area contributed by atoms with E-state index in [1.54, 1.807) is 25.7 Å². The maximum atomic E-state index is 13.7. The highest BCUT2D eigenvalue weighted by molar-refractivity contribution is 7.90. The van der Waals surface area contributed by atoms with Crippen LogP contribution in [0.1, 0.15) is 16.7 Å². The van der Waals surface area contributed by atoms with E-state index in [0.717, 1.165) is 27.7 Å². The first-order valence-electron chi connectivity index (χ1n) is 12.7. The number of ether oxygens (including phenoxy) is 2. The zero-order valence-electron chi connectivity index (χ0n) is 22.2. The summed E-state index contributed by atoms with van der Waals surface area (Å²) in [5.74, 6) is 0.795. The lowest BCUT2D eigenvalue weighted by Crippen LogP contribution is -2.39. The van der Waals surface area contributed by atoms with Crippen molar-refractivity contribution in [1.29, 1.82) is 0 Å². The van der Waals surface area contributed by atoms with Crippen molar-refractivity contribution in [3.8, 4) is 11.5 Å². The van der Waals surface area contributed by atoms with Gasteiger partial charge in [-0.05, 0) is 41.5 Å². The molecule has 4 aromatic rings. The number of anilines is 1. The predicted molar refractivity (Wildman–Crippen MR) is 153 cm³/mol. The van der Waals surface area contributed by atoms with Crippen LogP contribution in [0.15, 0.2) is 65.8 Å². The molecule has 0 spiro atoms. The molecule has 40 heavy (non-hydrogen) atoms. The number of hydrogen-bond donors (Lipinski definition) is 3. The van der Waals surface area contributed by atoms with Crippen LogP contribution in [0.4, 0.5) is 10.1 Å². The minimum absolute atomic E-state index is 0.0661. The standard InChI is InChI=1S/C28H31FN6O4S/c1-38-26-14-23-24(15-27(26)39-10-8-31-9-11-40(2,36)37)32-18-33-28(23,30)21-6-7-25-20(13-21)16-34-35(25)17-19-4-3-5-22(29)12-19/h3-7,12-16,18,31H,8-11,17,30H2,1-2H3,(H,32,33). The molecule has 0 aliphatic carbocycles. The molecule has 210 valence electrons. The first kappa shape index (κ1) is 27.6. The molecule has 1 aliphatic rings. The van der Waals surface area contributed by atoms with Gasteiger partial charge >= 0.3 is 0 Å². The molecule has 12 heteroatoms. The maximum absolute atomic E-state index is 13.7. The normalized spacial score (nSPS) is 16.5. The summed E-state index contributed by atoms with van der Waals surface area (Å²) in [4.78, 5) is 4.60. The topological polar surface area (TPSA) is 133 Å². The van der Waals surface area contributed by atoms with E-state index in [0.29, 0.717) is 43.3 Å². The maximum Gasteiger partial charge on any atom is 0.163 e. The van der Waals surface area contributed by atoms with Gasteiger partial charge in [-0.3, -0.25) is 10.4 Å². The van der Waals surface area contributed by atoms with Gasteiger partial charge in [0.2, 0.25) is 0 Å². The minimum Gasteiger partial charge on any atom is -0.493 e. The summed E-state index contributed by atoms with van der Waals surface area (Å²) in [6.45, 7) is 1.58. The second-order valence-electron chi connectivity index (χ2n) is 9.65. The summed E-state index contributed by atoms with van der Waals surface area (Å²) in [6, 6.07) is 15.9. The molecule has 0 saturated carbocycles. The monoisotopic (exact) mass is 566 g/mol. The average molecular weight is 567 g/mol. The van der Waals surface area contributed by atoms with Crippen molar-refractivity contribution in [2.24, 2.45) is 10.7 Å². The number of halogens is 1. The van der Waals surface area contributed by atoms with Crippen molar-refractivity contribution in [2.75, 3.05) is 44.1 Å². The smallest absolute Gasteiger partial charge is 0.163 e. The van der Waals surface area contributed by atoms with Gasteiger partial charge < -0.3 is 20.1 Å². The first-order valence-corrected chi connectivity index (χ1v) is 14.8. The van der Waals surface area contributed by atoms with Gasteiger partial charge in [0.1, 0.15) is 22.3 Å². The summed E-state index contributed by atoms with van der Waals surface area (Å²) in [7, 11) is -1.47. The van der Waals surface area contributed by atoms with E-state index < -0.39 is 15.5 Å². The third kappa shape index (κ3) is 5.93. The molecule has 0 fully saturated rings. The van der Waals surface area contributed by atoms with Crippen molar-refractivity contribution in [3.05, 3.63) is 83.3 Å². The zero-order valence-corrected chi connectivity index (χ0v) is 23.0. The van der Waals surface area contributed by atoms with E-state index in [9.17, 15) is 12.8 Å².